The summed E-state index contributed by atoms with van der Waals surface area (Å²) in [6.45, 7) is 6.81. The van der Waals surface area contributed by atoms with Gasteiger partial charge in [0.15, 0.2) is 0 Å². The molecule has 1 heterocycles. The predicted octanol–water partition coefficient (Wildman–Crippen LogP) is 2.97. The van der Waals surface area contributed by atoms with E-state index in [1.807, 2.05) is 0 Å². The smallest absolute Gasteiger partial charge is 0.0576 e. The van der Waals surface area contributed by atoms with Crippen LogP contribution in [0.2, 0.25) is 0 Å². The van der Waals surface area contributed by atoms with Gasteiger partial charge >= 0.3 is 0 Å². The summed E-state index contributed by atoms with van der Waals surface area (Å²) in [5.41, 5.74) is 0. The van der Waals surface area contributed by atoms with Crippen LogP contribution in [0.4, 0.5) is 0 Å². The molecule has 0 radical (unpaired) electrons. The Labute approximate surface area is 100 Å². The topological polar surface area (TPSA) is 21.3 Å². The van der Waals surface area contributed by atoms with Crippen molar-refractivity contribution in [1.82, 2.24) is 5.32 Å². The Morgan fingerprint density at radius 2 is 2.25 bits per heavy atom. The van der Waals surface area contributed by atoms with E-state index in [0.29, 0.717) is 6.10 Å². The molecule has 2 aliphatic rings. The molecule has 0 bridgehead atoms. The van der Waals surface area contributed by atoms with Crippen molar-refractivity contribution in [2.75, 3.05) is 13.2 Å². The molecule has 2 heteroatoms. The number of hydrogen-bond acceptors (Lipinski definition) is 2. The normalized spacial score (nSPS) is 35.2. The molecule has 94 valence electrons. The van der Waals surface area contributed by atoms with E-state index < -0.39 is 0 Å². The summed E-state index contributed by atoms with van der Waals surface area (Å²) in [4.78, 5) is 0. The van der Waals surface area contributed by atoms with Crippen LogP contribution >= 0.6 is 0 Å². The molecule has 1 saturated carbocycles. The van der Waals surface area contributed by atoms with Crippen molar-refractivity contribution in [2.45, 2.75) is 64.5 Å². The van der Waals surface area contributed by atoms with Gasteiger partial charge in [-0.25, -0.2) is 0 Å². The van der Waals surface area contributed by atoms with Crippen molar-refractivity contribution < 1.29 is 4.74 Å². The molecule has 1 aliphatic carbocycles. The molecule has 16 heavy (non-hydrogen) atoms. The number of hydrogen-bond donors (Lipinski definition) is 1. The van der Waals surface area contributed by atoms with Gasteiger partial charge in [0, 0.05) is 12.6 Å². The highest BCUT2D eigenvalue weighted by Crippen LogP contribution is 2.42. The van der Waals surface area contributed by atoms with Gasteiger partial charge in [0.2, 0.25) is 0 Å². The molecule has 0 aromatic rings. The lowest BCUT2D eigenvalue weighted by molar-refractivity contribution is 0.0986. The second-order valence-electron chi connectivity index (χ2n) is 5.65. The Hall–Kier alpha value is -0.0800. The maximum absolute atomic E-state index is 5.71. The molecule has 0 aromatic carbocycles. The molecule has 0 spiro atoms. The Balaban J connectivity index is 1.68. The minimum absolute atomic E-state index is 0.569. The molecule has 2 fully saturated rings. The van der Waals surface area contributed by atoms with Crippen molar-refractivity contribution in [1.29, 1.82) is 0 Å². The van der Waals surface area contributed by atoms with E-state index in [4.69, 9.17) is 4.74 Å². The Morgan fingerprint density at radius 1 is 1.44 bits per heavy atom. The maximum Gasteiger partial charge on any atom is 0.0576 e. The molecular weight excluding hydrogens is 198 g/mol. The van der Waals surface area contributed by atoms with Crippen LogP contribution < -0.4 is 5.32 Å². The molecule has 1 N–H and O–H groups in total. The van der Waals surface area contributed by atoms with Crippen molar-refractivity contribution in [3.63, 3.8) is 0 Å². The summed E-state index contributed by atoms with van der Waals surface area (Å²) in [6.07, 6.45) is 8.41. The summed E-state index contributed by atoms with van der Waals surface area (Å²) in [5.74, 6) is 1.91. The summed E-state index contributed by atoms with van der Waals surface area (Å²) in [5, 5.41) is 3.73. The van der Waals surface area contributed by atoms with Crippen LogP contribution in [0.5, 0.6) is 0 Å². The van der Waals surface area contributed by atoms with Gasteiger partial charge in [-0.2, -0.15) is 0 Å². The quantitative estimate of drug-likeness (QED) is 0.719. The van der Waals surface area contributed by atoms with Crippen LogP contribution in [-0.2, 0) is 4.74 Å². The average Bonchev–Trinajstić information content (AvgIpc) is 2.82. The first-order valence-corrected chi connectivity index (χ1v) is 7.16. The van der Waals surface area contributed by atoms with Gasteiger partial charge < -0.3 is 10.1 Å². The molecule has 0 aromatic heterocycles. The summed E-state index contributed by atoms with van der Waals surface area (Å²) in [6, 6.07) is 0.763. The maximum atomic E-state index is 5.71. The van der Waals surface area contributed by atoms with Crippen LogP contribution in [0.15, 0.2) is 0 Å². The van der Waals surface area contributed by atoms with Crippen molar-refractivity contribution >= 4 is 0 Å². The third-order valence-corrected chi connectivity index (χ3v) is 4.17. The summed E-state index contributed by atoms with van der Waals surface area (Å²) in [7, 11) is 0. The van der Waals surface area contributed by atoms with E-state index in [1.54, 1.807) is 0 Å². The van der Waals surface area contributed by atoms with E-state index in [-0.39, 0.29) is 0 Å². The molecule has 1 saturated heterocycles. The van der Waals surface area contributed by atoms with Gasteiger partial charge in [0.1, 0.15) is 0 Å². The largest absolute Gasteiger partial charge is 0.378 e. The van der Waals surface area contributed by atoms with Gasteiger partial charge in [-0.15, -0.1) is 0 Å². The number of nitrogens with one attached hydrogen (secondary N) is 1. The fourth-order valence-corrected chi connectivity index (χ4v) is 2.95. The first kappa shape index (κ1) is 12.4. The van der Waals surface area contributed by atoms with Crippen LogP contribution in [0.3, 0.4) is 0 Å². The fourth-order valence-electron chi connectivity index (χ4n) is 2.95. The third kappa shape index (κ3) is 3.46. The predicted molar refractivity (Wildman–Crippen MR) is 67.6 cm³/mol. The minimum Gasteiger partial charge on any atom is -0.378 e. The van der Waals surface area contributed by atoms with Gasteiger partial charge in [0.25, 0.3) is 0 Å². The molecule has 4 atom stereocenters. The minimum atomic E-state index is 0.569. The third-order valence-electron chi connectivity index (χ3n) is 4.17. The lowest BCUT2D eigenvalue weighted by Gasteiger charge is -2.20. The van der Waals surface area contributed by atoms with Crippen LogP contribution in [0, 0.1) is 11.8 Å². The number of rotatable bonds is 7. The van der Waals surface area contributed by atoms with Crippen LogP contribution in [-0.4, -0.2) is 25.3 Å². The zero-order valence-electron chi connectivity index (χ0n) is 10.9. The second kappa shape index (κ2) is 6.02. The molecule has 4 unspecified atom stereocenters. The second-order valence-corrected chi connectivity index (χ2v) is 5.65. The van der Waals surface area contributed by atoms with Crippen LogP contribution in [0.25, 0.3) is 0 Å². The molecule has 2 nitrogen and oxygen atoms in total. The van der Waals surface area contributed by atoms with Gasteiger partial charge in [-0.1, -0.05) is 13.8 Å². The van der Waals surface area contributed by atoms with E-state index >= 15 is 0 Å². The van der Waals surface area contributed by atoms with E-state index in [0.717, 1.165) is 24.5 Å². The zero-order valence-corrected chi connectivity index (χ0v) is 10.9. The van der Waals surface area contributed by atoms with Crippen molar-refractivity contribution in [3.8, 4) is 0 Å². The Morgan fingerprint density at radius 3 is 2.81 bits per heavy atom. The highest BCUT2D eigenvalue weighted by Gasteiger charge is 2.39. The highest BCUT2D eigenvalue weighted by molar-refractivity contribution is 4.92. The van der Waals surface area contributed by atoms with Gasteiger partial charge in [-0.05, 0) is 56.9 Å². The first-order valence-electron chi connectivity index (χ1n) is 7.16. The monoisotopic (exact) mass is 225 g/mol. The zero-order chi connectivity index (χ0) is 11.4. The highest BCUT2D eigenvalue weighted by atomic mass is 16.5. The fraction of sp³-hybridized carbons (Fsp3) is 1.00. The van der Waals surface area contributed by atoms with E-state index in [1.165, 1.54) is 45.1 Å². The summed E-state index contributed by atoms with van der Waals surface area (Å²) >= 11 is 0. The molecule has 2 rings (SSSR count). The van der Waals surface area contributed by atoms with Gasteiger partial charge in [-0.3, -0.25) is 0 Å². The Kier molecular flexibility index (Phi) is 4.66. The Bertz CT molecular complexity index is 201. The number of ether oxygens (including phenoxy) is 1. The molecule has 0 amide bonds. The van der Waals surface area contributed by atoms with Crippen molar-refractivity contribution in [2.24, 2.45) is 11.8 Å². The first-order chi connectivity index (χ1) is 7.81. The molecular formula is C14H27NO. The summed E-state index contributed by atoms with van der Waals surface area (Å²) < 4.78 is 5.71. The lowest BCUT2D eigenvalue weighted by atomic mass is 10.0. The SMILES string of the molecule is CCCNC(CCC1CCCO1)C1CC1C. The van der Waals surface area contributed by atoms with E-state index in [2.05, 4.69) is 19.2 Å². The van der Waals surface area contributed by atoms with Crippen molar-refractivity contribution in [3.05, 3.63) is 0 Å². The molecule has 1 aliphatic heterocycles. The van der Waals surface area contributed by atoms with E-state index in [9.17, 15) is 0 Å². The average molecular weight is 225 g/mol. The van der Waals surface area contributed by atoms with Crippen LogP contribution in [0.1, 0.15) is 52.4 Å². The lowest BCUT2D eigenvalue weighted by Crippen LogP contribution is -2.33. The van der Waals surface area contributed by atoms with Gasteiger partial charge in [0.05, 0.1) is 6.10 Å². The standard InChI is InChI=1S/C14H27NO/c1-3-8-15-14(13-10-11(13)2)7-6-12-5-4-9-16-12/h11-15H,3-10H2,1-2H3.